The van der Waals surface area contributed by atoms with E-state index in [0.717, 1.165) is 52.6 Å². The molecule has 3 heterocycles. The van der Waals surface area contributed by atoms with Crippen molar-refractivity contribution in [1.29, 1.82) is 0 Å². The average Bonchev–Trinajstić information content (AvgIpc) is 3.13. The summed E-state index contributed by atoms with van der Waals surface area (Å²) in [5, 5.41) is 0. The molecule has 0 radical (unpaired) electrons. The normalized spacial score (nSPS) is 19.1. The fourth-order valence-corrected chi connectivity index (χ4v) is 3.32. The van der Waals surface area contributed by atoms with Crippen LogP contribution in [0.1, 0.15) is 0 Å². The lowest BCUT2D eigenvalue weighted by molar-refractivity contribution is 0.122. The maximum Gasteiger partial charge on any atom is 0.0691 e. The van der Waals surface area contributed by atoms with Crippen molar-refractivity contribution in [3.63, 3.8) is 0 Å². The van der Waals surface area contributed by atoms with Crippen molar-refractivity contribution >= 4 is 11.4 Å². The van der Waals surface area contributed by atoms with Gasteiger partial charge in [0.2, 0.25) is 0 Å². The van der Waals surface area contributed by atoms with Gasteiger partial charge in [0.25, 0.3) is 0 Å². The molecule has 0 bridgehead atoms. The van der Waals surface area contributed by atoms with Crippen LogP contribution in [0.2, 0.25) is 0 Å². The second kappa shape index (κ2) is 6.64. The zero-order chi connectivity index (χ0) is 15.5. The monoisotopic (exact) mass is 313 g/mol. The van der Waals surface area contributed by atoms with Crippen LogP contribution in [0.15, 0.2) is 36.5 Å². The number of aromatic nitrogens is 1. The van der Waals surface area contributed by atoms with E-state index in [9.17, 15) is 0 Å². The summed E-state index contributed by atoms with van der Waals surface area (Å²) < 4.78 is 10.9. The average molecular weight is 313 g/mol. The molecule has 1 aromatic carbocycles. The van der Waals surface area contributed by atoms with Crippen molar-refractivity contribution in [1.82, 2.24) is 4.98 Å². The molecule has 0 aliphatic carbocycles. The van der Waals surface area contributed by atoms with Gasteiger partial charge in [0.15, 0.2) is 0 Å². The maximum absolute atomic E-state index is 5.46. The first kappa shape index (κ1) is 14.6. The van der Waals surface area contributed by atoms with Crippen LogP contribution in [-0.2, 0) is 9.47 Å². The second-order valence-electron chi connectivity index (χ2n) is 5.98. The van der Waals surface area contributed by atoms with Crippen molar-refractivity contribution in [3.05, 3.63) is 36.5 Å². The Bertz CT molecular complexity index is 626. The molecular weight excluding hydrogens is 290 g/mol. The highest BCUT2D eigenvalue weighted by Crippen LogP contribution is 2.31. The maximum atomic E-state index is 5.46. The van der Waals surface area contributed by atoms with Crippen molar-refractivity contribution in [2.24, 2.45) is 0 Å². The Morgan fingerprint density at radius 1 is 0.739 bits per heavy atom. The summed E-state index contributed by atoms with van der Waals surface area (Å²) in [7, 11) is 0. The van der Waals surface area contributed by atoms with Crippen LogP contribution in [0, 0.1) is 0 Å². The van der Waals surface area contributed by atoms with Crippen LogP contribution in [0.4, 0.5) is 11.4 Å². The lowest BCUT2D eigenvalue weighted by atomic mass is 10.1. The molecule has 2 aliphatic heterocycles. The fraction of sp³-hybridized carbons (Fsp3) is 0.444. The standard InChI is InChI=1S/C18H23N3O2/c1-3-16(20-7-11-22-12-8-20)4-2-15(1)18-17(5-6-19-18)21-9-13-23-14-10-21/h1-6,19H,7-14H2. The summed E-state index contributed by atoms with van der Waals surface area (Å²) in [6.07, 6.45) is 2.02. The largest absolute Gasteiger partial charge is 0.378 e. The first-order valence-corrected chi connectivity index (χ1v) is 8.35. The third kappa shape index (κ3) is 3.07. The molecule has 5 heteroatoms. The third-order valence-electron chi connectivity index (χ3n) is 4.61. The Balaban J connectivity index is 1.55. The van der Waals surface area contributed by atoms with Gasteiger partial charge in [-0.25, -0.2) is 0 Å². The van der Waals surface area contributed by atoms with Gasteiger partial charge < -0.3 is 24.3 Å². The zero-order valence-electron chi connectivity index (χ0n) is 13.3. The smallest absolute Gasteiger partial charge is 0.0691 e. The van der Waals surface area contributed by atoms with E-state index in [1.165, 1.54) is 22.6 Å². The van der Waals surface area contributed by atoms with Crippen molar-refractivity contribution in [3.8, 4) is 11.3 Å². The number of hydrogen-bond acceptors (Lipinski definition) is 4. The molecule has 5 nitrogen and oxygen atoms in total. The summed E-state index contributed by atoms with van der Waals surface area (Å²) in [6.45, 7) is 7.11. The molecule has 0 amide bonds. The van der Waals surface area contributed by atoms with Crippen molar-refractivity contribution < 1.29 is 9.47 Å². The van der Waals surface area contributed by atoms with E-state index in [1.807, 2.05) is 6.20 Å². The van der Waals surface area contributed by atoms with Gasteiger partial charge in [-0.05, 0) is 18.2 Å². The minimum Gasteiger partial charge on any atom is -0.378 e. The van der Waals surface area contributed by atoms with Crippen LogP contribution in [0.3, 0.4) is 0 Å². The lowest BCUT2D eigenvalue weighted by Crippen LogP contribution is -2.36. The number of morpholine rings is 2. The zero-order valence-corrected chi connectivity index (χ0v) is 13.3. The second-order valence-corrected chi connectivity index (χ2v) is 5.98. The molecule has 0 unspecified atom stereocenters. The predicted molar refractivity (Wildman–Crippen MR) is 92.3 cm³/mol. The van der Waals surface area contributed by atoms with Gasteiger partial charge in [0.05, 0.1) is 37.8 Å². The van der Waals surface area contributed by atoms with E-state index in [-0.39, 0.29) is 0 Å². The van der Waals surface area contributed by atoms with Gasteiger partial charge in [-0.15, -0.1) is 0 Å². The molecule has 1 N–H and O–H groups in total. The Morgan fingerprint density at radius 2 is 1.35 bits per heavy atom. The number of rotatable bonds is 3. The quantitative estimate of drug-likeness (QED) is 0.944. The summed E-state index contributed by atoms with van der Waals surface area (Å²) in [5.41, 5.74) is 4.97. The van der Waals surface area contributed by atoms with Crippen LogP contribution in [0.5, 0.6) is 0 Å². The Morgan fingerprint density at radius 3 is 2.00 bits per heavy atom. The molecule has 2 aliphatic rings. The number of nitrogens with one attached hydrogen (secondary N) is 1. The molecule has 0 spiro atoms. The first-order valence-electron chi connectivity index (χ1n) is 8.35. The SMILES string of the molecule is c1cc(N2CCOCC2)c(-c2ccc(N3CCOCC3)cc2)[nH]1. The third-order valence-corrected chi connectivity index (χ3v) is 4.61. The van der Waals surface area contributed by atoms with E-state index < -0.39 is 0 Å². The topological polar surface area (TPSA) is 40.7 Å². The van der Waals surface area contributed by atoms with E-state index in [4.69, 9.17) is 9.47 Å². The highest BCUT2D eigenvalue weighted by atomic mass is 16.5. The van der Waals surface area contributed by atoms with E-state index in [2.05, 4.69) is 45.1 Å². The number of ether oxygens (including phenoxy) is 2. The summed E-state index contributed by atoms with van der Waals surface area (Å²) in [5.74, 6) is 0. The fourth-order valence-electron chi connectivity index (χ4n) is 3.32. The van der Waals surface area contributed by atoms with Crippen molar-refractivity contribution in [2.45, 2.75) is 0 Å². The number of benzene rings is 1. The van der Waals surface area contributed by atoms with E-state index in [0.29, 0.717) is 0 Å². The molecule has 2 aromatic rings. The highest BCUT2D eigenvalue weighted by molar-refractivity contribution is 5.76. The van der Waals surface area contributed by atoms with Gasteiger partial charge in [0.1, 0.15) is 0 Å². The Labute approximate surface area is 136 Å². The first-order chi connectivity index (χ1) is 11.4. The summed E-state index contributed by atoms with van der Waals surface area (Å²) in [6, 6.07) is 11.0. The predicted octanol–water partition coefficient (Wildman–Crippen LogP) is 2.35. The molecule has 122 valence electrons. The van der Waals surface area contributed by atoms with Gasteiger partial charge in [0, 0.05) is 43.6 Å². The van der Waals surface area contributed by atoms with Gasteiger partial charge in [-0.2, -0.15) is 0 Å². The molecule has 0 atom stereocenters. The van der Waals surface area contributed by atoms with Crippen LogP contribution in [-0.4, -0.2) is 57.6 Å². The highest BCUT2D eigenvalue weighted by Gasteiger charge is 2.17. The molecule has 0 saturated carbocycles. The summed E-state index contributed by atoms with van der Waals surface area (Å²) >= 11 is 0. The minimum atomic E-state index is 0.806. The molecular formula is C18H23N3O2. The number of H-pyrrole nitrogens is 1. The van der Waals surface area contributed by atoms with Crippen LogP contribution in [0.25, 0.3) is 11.3 Å². The Kier molecular flexibility index (Phi) is 4.22. The molecule has 1 aromatic heterocycles. The lowest BCUT2D eigenvalue weighted by Gasteiger charge is -2.30. The van der Waals surface area contributed by atoms with E-state index >= 15 is 0 Å². The molecule has 2 saturated heterocycles. The molecule has 4 rings (SSSR count). The van der Waals surface area contributed by atoms with Gasteiger partial charge in [-0.1, -0.05) is 12.1 Å². The number of anilines is 2. The van der Waals surface area contributed by atoms with Gasteiger partial charge >= 0.3 is 0 Å². The molecule has 23 heavy (non-hydrogen) atoms. The summed E-state index contributed by atoms with van der Waals surface area (Å²) in [4.78, 5) is 8.18. The van der Waals surface area contributed by atoms with Crippen molar-refractivity contribution in [2.75, 3.05) is 62.4 Å². The Hall–Kier alpha value is -1.98. The van der Waals surface area contributed by atoms with Gasteiger partial charge in [-0.3, -0.25) is 0 Å². The van der Waals surface area contributed by atoms with Crippen LogP contribution >= 0.6 is 0 Å². The number of nitrogens with zero attached hydrogens (tertiary/aromatic N) is 2. The molecule has 2 fully saturated rings. The van der Waals surface area contributed by atoms with Crippen LogP contribution < -0.4 is 9.80 Å². The number of hydrogen-bond donors (Lipinski definition) is 1. The minimum absolute atomic E-state index is 0.806. The number of aromatic amines is 1. The van der Waals surface area contributed by atoms with E-state index in [1.54, 1.807) is 0 Å².